The molecule has 8 heteroatoms. The van der Waals surface area contributed by atoms with Gasteiger partial charge in [-0.3, -0.25) is 0 Å². The van der Waals surface area contributed by atoms with E-state index < -0.39 is 36.6 Å². The topological polar surface area (TPSA) is 65.6 Å². The molecule has 1 aromatic rings. The molecule has 140 valence electrons. The first-order valence-electron chi connectivity index (χ1n) is 9.03. The Morgan fingerprint density at radius 2 is 1.19 bits per heavy atom. The van der Waals surface area contributed by atoms with Crippen LogP contribution in [0.1, 0.15) is 61.1 Å². The van der Waals surface area contributed by atoms with Gasteiger partial charge in [-0.1, -0.05) is 0 Å². The van der Waals surface area contributed by atoms with E-state index in [1.165, 1.54) is 0 Å². The normalized spacial score (nSPS) is 25.5. The number of hydrogen-bond acceptors (Lipinski definition) is 5. The third kappa shape index (κ3) is 2.73. The molecule has 0 aromatic carbocycles. The van der Waals surface area contributed by atoms with Crippen molar-refractivity contribution in [3.05, 3.63) is 11.8 Å². The molecule has 0 amide bonds. The van der Waals surface area contributed by atoms with Gasteiger partial charge in [0.25, 0.3) is 0 Å². The van der Waals surface area contributed by atoms with Crippen molar-refractivity contribution < 1.29 is 18.6 Å². The van der Waals surface area contributed by atoms with Crippen LogP contribution in [-0.2, 0) is 25.7 Å². The van der Waals surface area contributed by atoms with Crippen LogP contribution in [0, 0.1) is 11.3 Å². The largest absolute Gasteiger partial charge is 0.512 e. The zero-order valence-corrected chi connectivity index (χ0v) is 17.3. The van der Waals surface area contributed by atoms with Crippen LogP contribution >= 0.6 is 0 Å². The summed E-state index contributed by atoms with van der Waals surface area (Å²) in [7, 11) is 0.693. The first kappa shape index (κ1) is 19.5. The highest BCUT2D eigenvalue weighted by Crippen LogP contribution is 2.38. The van der Waals surface area contributed by atoms with E-state index in [2.05, 4.69) is 6.07 Å². The van der Waals surface area contributed by atoms with Gasteiger partial charge in [-0.15, -0.1) is 0 Å². The summed E-state index contributed by atoms with van der Waals surface area (Å²) < 4.78 is 26.4. The summed E-state index contributed by atoms with van der Waals surface area (Å²) in [4.78, 5) is 0. The van der Waals surface area contributed by atoms with Crippen molar-refractivity contribution in [2.24, 2.45) is 7.05 Å². The van der Waals surface area contributed by atoms with Crippen LogP contribution in [0.25, 0.3) is 0 Å². The SMILES string of the molecule is Cn1c(B2OC(C)(C)C(C)(C)O2)cc(B2OC(C)(C)C(C)(C)O2)c1C#N. The maximum Gasteiger partial charge on any atom is 0.512 e. The van der Waals surface area contributed by atoms with E-state index in [0.717, 1.165) is 5.59 Å². The second kappa shape index (κ2) is 5.62. The summed E-state index contributed by atoms with van der Waals surface area (Å²) in [6, 6.07) is 4.18. The molecule has 0 saturated carbocycles. The molecule has 0 atom stereocenters. The van der Waals surface area contributed by atoms with Crippen LogP contribution < -0.4 is 11.1 Å². The Labute approximate surface area is 157 Å². The lowest BCUT2D eigenvalue weighted by atomic mass is 9.76. The van der Waals surface area contributed by atoms with Crippen molar-refractivity contribution in [1.82, 2.24) is 4.57 Å². The predicted octanol–water partition coefficient (Wildman–Crippen LogP) is 1.50. The maximum atomic E-state index is 9.72. The van der Waals surface area contributed by atoms with Gasteiger partial charge in [0.15, 0.2) is 0 Å². The van der Waals surface area contributed by atoms with E-state index in [4.69, 9.17) is 18.6 Å². The molecule has 6 nitrogen and oxygen atoms in total. The van der Waals surface area contributed by atoms with Gasteiger partial charge in [0.05, 0.1) is 22.4 Å². The highest BCUT2D eigenvalue weighted by Gasteiger charge is 2.55. The Kier molecular flexibility index (Phi) is 4.21. The van der Waals surface area contributed by atoms with Crippen LogP contribution in [0.2, 0.25) is 0 Å². The molecule has 3 rings (SSSR count). The Balaban J connectivity index is 1.99. The van der Waals surface area contributed by atoms with Crippen molar-refractivity contribution in [3.63, 3.8) is 0 Å². The van der Waals surface area contributed by atoms with E-state index in [9.17, 15) is 5.26 Å². The lowest BCUT2D eigenvalue weighted by molar-refractivity contribution is 0.00578. The fourth-order valence-corrected chi connectivity index (χ4v) is 3.13. The molecule has 0 radical (unpaired) electrons. The average molecular weight is 358 g/mol. The molecule has 2 fully saturated rings. The third-order valence-corrected chi connectivity index (χ3v) is 6.41. The number of nitriles is 1. The number of nitrogens with zero attached hydrogens (tertiary/aromatic N) is 2. The van der Waals surface area contributed by atoms with E-state index in [1.54, 1.807) is 0 Å². The second-order valence-corrected chi connectivity index (χ2v) is 9.22. The van der Waals surface area contributed by atoms with E-state index in [1.807, 2.05) is 73.1 Å². The smallest absolute Gasteiger partial charge is 0.399 e. The monoisotopic (exact) mass is 358 g/mol. The van der Waals surface area contributed by atoms with Gasteiger partial charge in [-0.25, -0.2) is 0 Å². The van der Waals surface area contributed by atoms with Gasteiger partial charge in [0, 0.05) is 18.1 Å². The fraction of sp³-hybridized carbons (Fsp3) is 0.722. The maximum absolute atomic E-state index is 9.72. The summed E-state index contributed by atoms with van der Waals surface area (Å²) in [5, 5.41) is 9.72. The number of aromatic nitrogens is 1. The first-order chi connectivity index (χ1) is 11.7. The van der Waals surface area contributed by atoms with Crippen LogP contribution in [0.15, 0.2) is 6.07 Å². The first-order valence-corrected chi connectivity index (χ1v) is 9.03. The Bertz CT molecular complexity index is 745. The summed E-state index contributed by atoms with van der Waals surface area (Å²) in [5.41, 5.74) is 0.157. The fourth-order valence-electron chi connectivity index (χ4n) is 3.13. The molecule has 3 heterocycles. The number of hydrogen-bond donors (Lipinski definition) is 0. The standard InChI is InChI=1S/C18H28B2N2O4/c1-15(2)16(3,4)24-19(23-15)12-10-14(22(9)13(12)11-21)20-25-17(5,6)18(7,8)26-20/h10H,1-9H3. The van der Waals surface area contributed by atoms with Crippen LogP contribution in [0.3, 0.4) is 0 Å². The van der Waals surface area contributed by atoms with Crippen molar-refractivity contribution in [2.75, 3.05) is 0 Å². The molecule has 0 spiro atoms. The van der Waals surface area contributed by atoms with Crippen molar-refractivity contribution in [3.8, 4) is 6.07 Å². The molecular formula is C18H28B2N2O4. The highest BCUT2D eigenvalue weighted by atomic mass is 16.7. The average Bonchev–Trinajstić information content (AvgIpc) is 2.98. The van der Waals surface area contributed by atoms with Gasteiger partial charge in [0.1, 0.15) is 11.8 Å². The summed E-state index contributed by atoms with van der Waals surface area (Å²) in [5.74, 6) is 0. The molecule has 2 aliphatic heterocycles. The predicted molar refractivity (Wildman–Crippen MR) is 102 cm³/mol. The van der Waals surface area contributed by atoms with Gasteiger partial charge in [-0.2, -0.15) is 5.26 Å². The molecule has 2 saturated heterocycles. The van der Waals surface area contributed by atoms with E-state index >= 15 is 0 Å². The molecule has 1 aromatic heterocycles. The van der Waals surface area contributed by atoms with E-state index in [0.29, 0.717) is 11.2 Å². The lowest BCUT2D eigenvalue weighted by Gasteiger charge is -2.32. The molecule has 26 heavy (non-hydrogen) atoms. The highest BCUT2D eigenvalue weighted by molar-refractivity contribution is 6.66. The minimum Gasteiger partial charge on any atom is -0.399 e. The van der Waals surface area contributed by atoms with Gasteiger partial charge >= 0.3 is 14.2 Å². The van der Waals surface area contributed by atoms with Crippen LogP contribution in [0.4, 0.5) is 0 Å². The third-order valence-electron chi connectivity index (χ3n) is 6.41. The van der Waals surface area contributed by atoms with Crippen LogP contribution in [0.5, 0.6) is 0 Å². The Morgan fingerprint density at radius 3 is 1.58 bits per heavy atom. The molecule has 0 aliphatic carbocycles. The lowest BCUT2D eigenvalue weighted by Crippen LogP contribution is -2.41. The Hall–Kier alpha value is -1.26. The van der Waals surface area contributed by atoms with Crippen molar-refractivity contribution in [2.45, 2.75) is 77.8 Å². The second-order valence-electron chi connectivity index (χ2n) is 9.22. The Morgan fingerprint density at radius 1 is 0.808 bits per heavy atom. The molecule has 0 bridgehead atoms. The number of rotatable bonds is 2. The molecule has 0 N–H and O–H groups in total. The van der Waals surface area contributed by atoms with Crippen LogP contribution in [-0.4, -0.2) is 41.2 Å². The summed E-state index contributed by atoms with van der Waals surface area (Å²) in [6.45, 7) is 16.0. The molecular weight excluding hydrogens is 330 g/mol. The zero-order valence-electron chi connectivity index (χ0n) is 17.3. The summed E-state index contributed by atoms with van der Waals surface area (Å²) >= 11 is 0. The minimum atomic E-state index is -0.600. The molecule has 0 unspecified atom stereocenters. The quantitative estimate of drug-likeness (QED) is 0.750. The summed E-state index contributed by atoms with van der Waals surface area (Å²) in [6.07, 6.45) is 0. The minimum absolute atomic E-state index is 0.445. The van der Waals surface area contributed by atoms with Gasteiger partial charge in [-0.05, 0) is 61.5 Å². The van der Waals surface area contributed by atoms with E-state index in [-0.39, 0.29) is 0 Å². The van der Waals surface area contributed by atoms with Crippen molar-refractivity contribution >= 4 is 25.3 Å². The van der Waals surface area contributed by atoms with Gasteiger partial charge < -0.3 is 23.2 Å². The van der Waals surface area contributed by atoms with Crippen molar-refractivity contribution in [1.29, 1.82) is 5.26 Å². The zero-order chi connectivity index (χ0) is 19.7. The van der Waals surface area contributed by atoms with Gasteiger partial charge in [0.2, 0.25) is 0 Å². The molecule has 2 aliphatic rings.